The molecule has 3 aromatic heterocycles. The van der Waals surface area contributed by atoms with E-state index in [4.69, 9.17) is 0 Å². The predicted molar refractivity (Wildman–Crippen MR) is 102 cm³/mol. The predicted octanol–water partition coefficient (Wildman–Crippen LogP) is 0.609. The average Bonchev–Trinajstić information content (AvgIpc) is 3.13. The van der Waals surface area contributed by atoms with E-state index in [9.17, 15) is 4.79 Å². The summed E-state index contributed by atoms with van der Waals surface area (Å²) in [7, 11) is 0. The first-order chi connectivity index (χ1) is 13.3. The number of carbonyl (C=O) groups excluding carboxylic acids is 1. The minimum Gasteiger partial charge on any atom is -0.357 e. The third-order valence-electron chi connectivity index (χ3n) is 3.73. The molecule has 0 saturated carbocycles. The summed E-state index contributed by atoms with van der Waals surface area (Å²) < 4.78 is 1.90. The smallest absolute Gasteiger partial charge is 0.252 e. The van der Waals surface area contributed by atoms with Gasteiger partial charge >= 0.3 is 0 Å². The first kappa shape index (κ1) is 18.3. The van der Waals surface area contributed by atoms with Gasteiger partial charge in [-0.3, -0.25) is 14.2 Å². The standard InChI is InChI=1S/C18H22N8O/c1-2-20-18(22-10-9-21-17(27)14-6-5-8-19-12-14)23-13-16-25-24-15-7-3-4-11-26(15)16/h3-8,11-12H,2,9-10,13H2,1H3,(H,21,27)(H2,20,22,23). The summed E-state index contributed by atoms with van der Waals surface area (Å²) in [6.07, 6.45) is 5.09. The highest BCUT2D eigenvalue weighted by Gasteiger charge is 2.06. The molecule has 0 atom stereocenters. The van der Waals surface area contributed by atoms with Crippen LogP contribution in [-0.4, -0.2) is 51.1 Å². The van der Waals surface area contributed by atoms with Crippen molar-refractivity contribution in [3.05, 3.63) is 60.3 Å². The molecule has 0 radical (unpaired) electrons. The fourth-order valence-electron chi connectivity index (χ4n) is 2.45. The molecule has 3 aromatic rings. The highest BCUT2D eigenvalue weighted by molar-refractivity contribution is 5.93. The second kappa shape index (κ2) is 9.27. The molecule has 27 heavy (non-hydrogen) atoms. The zero-order chi connectivity index (χ0) is 18.9. The molecule has 0 fully saturated rings. The van der Waals surface area contributed by atoms with Crippen LogP contribution in [0.15, 0.2) is 53.9 Å². The fraction of sp³-hybridized carbons (Fsp3) is 0.278. The van der Waals surface area contributed by atoms with Crippen molar-refractivity contribution in [1.29, 1.82) is 0 Å². The Morgan fingerprint density at radius 1 is 1.11 bits per heavy atom. The summed E-state index contributed by atoms with van der Waals surface area (Å²) in [5, 5.41) is 17.5. The number of nitrogens with zero attached hydrogens (tertiary/aromatic N) is 5. The van der Waals surface area contributed by atoms with Crippen molar-refractivity contribution in [2.45, 2.75) is 13.5 Å². The lowest BCUT2D eigenvalue weighted by Crippen LogP contribution is -2.41. The highest BCUT2D eigenvalue weighted by atomic mass is 16.1. The van der Waals surface area contributed by atoms with E-state index in [-0.39, 0.29) is 5.91 Å². The number of guanidine groups is 1. The molecule has 3 rings (SSSR count). The molecule has 9 heteroatoms. The van der Waals surface area contributed by atoms with E-state index in [1.54, 1.807) is 18.3 Å². The number of aliphatic imine (C=N–C) groups is 1. The van der Waals surface area contributed by atoms with Gasteiger partial charge in [0.15, 0.2) is 17.4 Å². The lowest BCUT2D eigenvalue weighted by Gasteiger charge is -2.11. The van der Waals surface area contributed by atoms with Crippen LogP contribution in [0.2, 0.25) is 0 Å². The van der Waals surface area contributed by atoms with Crippen LogP contribution >= 0.6 is 0 Å². The molecule has 0 unspecified atom stereocenters. The van der Waals surface area contributed by atoms with E-state index in [0.29, 0.717) is 31.2 Å². The molecule has 0 bridgehead atoms. The Hall–Kier alpha value is -3.49. The van der Waals surface area contributed by atoms with Gasteiger partial charge in [0.25, 0.3) is 5.91 Å². The van der Waals surface area contributed by atoms with Gasteiger partial charge in [0, 0.05) is 38.2 Å². The summed E-state index contributed by atoms with van der Waals surface area (Å²) in [4.78, 5) is 20.4. The van der Waals surface area contributed by atoms with Gasteiger partial charge in [-0.05, 0) is 31.2 Å². The second-order valence-electron chi connectivity index (χ2n) is 5.66. The molecular formula is C18H22N8O. The van der Waals surface area contributed by atoms with Crippen LogP contribution < -0.4 is 16.0 Å². The largest absolute Gasteiger partial charge is 0.357 e. The maximum atomic E-state index is 12.0. The number of rotatable bonds is 7. The van der Waals surface area contributed by atoms with Crippen molar-refractivity contribution in [2.75, 3.05) is 19.6 Å². The molecule has 0 aromatic carbocycles. The molecule has 140 valence electrons. The Morgan fingerprint density at radius 2 is 2.00 bits per heavy atom. The van der Waals surface area contributed by atoms with Gasteiger partial charge in [0.2, 0.25) is 0 Å². The van der Waals surface area contributed by atoms with Gasteiger partial charge in [-0.1, -0.05) is 6.07 Å². The number of aromatic nitrogens is 4. The van der Waals surface area contributed by atoms with Crippen LogP contribution in [0.3, 0.4) is 0 Å². The van der Waals surface area contributed by atoms with Crippen LogP contribution in [-0.2, 0) is 6.54 Å². The molecule has 1 amide bonds. The van der Waals surface area contributed by atoms with Crippen molar-refractivity contribution in [1.82, 2.24) is 35.5 Å². The third kappa shape index (κ3) is 5.00. The van der Waals surface area contributed by atoms with E-state index in [2.05, 4.69) is 36.1 Å². The SMILES string of the molecule is CCNC(=NCc1nnc2ccccn12)NCCNC(=O)c1cccnc1. The summed E-state index contributed by atoms with van der Waals surface area (Å²) in [5.74, 6) is 1.26. The lowest BCUT2D eigenvalue weighted by atomic mass is 10.3. The first-order valence-corrected chi connectivity index (χ1v) is 8.77. The summed E-state index contributed by atoms with van der Waals surface area (Å²) in [5.41, 5.74) is 1.33. The molecule has 0 spiro atoms. The molecule has 9 nitrogen and oxygen atoms in total. The Balaban J connectivity index is 1.51. The molecule has 0 saturated heterocycles. The number of fused-ring (bicyclic) bond motifs is 1. The Kier molecular flexibility index (Phi) is 6.29. The molecule has 0 aliphatic rings. The molecule has 0 aliphatic carbocycles. The van der Waals surface area contributed by atoms with Crippen molar-refractivity contribution in [2.24, 2.45) is 4.99 Å². The van der Waals surface area contributed by atoms with E-state index in [1.165, 1.54) is 6.20 Å². The van der Waals surface area contributed by atoms with E-state index in [1.807, 2.05) is 35.7 Å². The van der Waals surface area contributed by atoms with Crippen LogP contribution in [0.5, 0.6) is 0 Å². The van der Waals surface area contributed by atoms with Crippen LogP contribution in [0.25, 0.3) is 5.65 Å². The van der Waals surface area contributed by atoms with Crippen LogP contribution in [0.1, 0.15) is 23.1 Å². The van der Waals surface area contributed by atoms with Gasteiger partial charge in [-0.25, -0.2) is 4.99 Å². The number of pyridine rings is 2. The fourth-order valence-corrected chi connectivity index (χ4v) is 2.45. The minimum atomic E-state index is -0.151. The Labute approximate surface area is 156 Å². The van der Waals surface area contributed by atoms with E-state index >= 15 is 0 Å². The van der Waals surface area contributed by atoms with E-state index < -0.39 is 0 Å². The monoisotopic (exact) mass is 366 g/mol. The number of carbonyl (C=O) groups is 1. The Bertz CT molecular complexity index is 906. The topological polar surface area (TPSA) is 109 Å². The Morgan fingerprint density at radius 3 is 2.81 bits per heavy atom. The number of amides is 1. The van der Waals surface area contributed by atoms with Crippen LogP contribution in [0, 0.1) is 0 Å². The summed E-state index contributed by atoms with van der Waals surface area (Å²) >= 11 is 0. The second-order valence-corrected chi connectivity index (χ2v) is 5.66. The van der Waals surface area contributed by atoms with Gasteiger partial charge in [0.1, 0.15) is 6.54 Å². The average molecular weight is 366 g/mol. The number of hydrogen-bond donors (Lipinski definition) is 3. The molecule has 0 aliphatic heterocycles. The van der Waals surface area contributed by atoms with Gasteiger partial charge in [-0.15, -0.1) is 10.2 Å². The van der Waals surface area contributed by atoms with E-state index in [0.717, 1.165) is 18.0 Å². The number of nitrogens with one attached hydrogen (secondary N) is 3. The lowest BCUT2D eigenvalue weighted by molar-refractivity contribution is 0.0954. The molecular weight excluding hydrogens is 344 g/mol. The normalized spacial score (nSPS) is 11.4. The first-order valence-electron chi connectivity index (χ1n) is 8.77. The van der Waals surface area contributed by atoms with Crippen molar-refractivity contribution in [3.63, 3.8) is 0 Å². The maximum absolute atomic E-state index is 12.0. The molecule has 3 N–H and O–H groups in total. The summed E-state index contributed by atoms with van der Waals surface area (Å²) in [6.45, 7) is 4.12. The van der Waals surface area contributed by atoms with Gasteiger partial charge < -0.3 is 16.0 Å². The van der Waals surface area contributed by atoms with Gasteiger partial charge in [0.05, 0.1) is 5.56 Å². The van der Waals surface area contributed by atoms with Crippen molar-refractivity contribution >= 4 is 17.5 Å². The highest BCUT2D eigenvalue weighted by Crippen LogP contribution is 2.03. The minimum absolute atomic E-state index is 0.151. The van der Waals surface area contributed by atoms with Crippen LogP contribution in [0.4, 0.5) is 0 Å². The zero-order valence-electron chi connectivity index (χ0n) is 15.1. The number of hydrogen-bond acceptors (Lipinski definition) is 5. The van der Waals surface area contributed by atoms with Crippen molar-refractivity contribution < 1.29 is 4.79 Å². The quantitative estimate of drug-likeness (QED) is 0.321. The van der Waals surface area contributed by atoms with Gasteiger partial charge in [-0.2, -0.15) is 0 Å². The van der Waals surface area contributed by atoms with Crippen molar-refractivity contribution in [3.8, 4) is 0 Å². The summed E-state index contributed by atoms with van der Waals surface area (Å²) in [6, 6.07) is 9.20. The zero-order valence-corrected chi connectivity index (χ0v) is 15.1. The third-order valence-corrected chi connectivity index (χ3v) is 3.73. The maximum Gasteiger partial charge on any atom is 0.252 e. The molecule has 3 heterocycles.